The molecule has 1 rings (SSSR count). The van der Waals surface area contributed by atoms with Gasteiger partial charge in [-0.1, -0.05) is 0 Å². The van der Waals surface area contributed by atoms with Gasteiger partial charge in [-0.3, -0.25) is 9.59 Å². The van der Waals surface area contributed by atoms with Crippen molar-refractivity contribution in [1.82, 2.24) is 4.98 Å². The van der Waals surface area contributed by atoms with Crippen LogP contribution in [0.15, 0.2) is 11.0 Å². The summed E-state index contributed by atoms with van der Waals surface area (Å²) in [5.41, 5.74) is -1.32. The van der Waals surface area contributed by atoms with Crippen LogP contribution in [-0.2, 0) is 16.0 Å². The van der Waals surface area contributed by atoms with E-state index < -0.39 is 29.3 Å². The van der Waals surface area contributed by atoms with Gasteiger partial charge in [-0.15, -0.1) is 0 Å². The number of halogens is 2. The summed E-state index contributed by atoms with van der Waals surface area (Å²) < 4.78 is 34.5. The number of aromatic amines is 1. The second kappa shape index (κ2) is 6.13. The van der Waals surface area contributed by atoms with E-state index in [-0.39, 0.29) is 18.6 Å². The number of carbonyl (C=O) groups is 1. The number of esters is 1. The monoisotopic (exact) mass is 261 g/mol. The van der Waals surface area contributed by atoms with E-state index in [9.17, 15) is 18.4 Å². The van der Waals surface area contributed by atoms with Crippen LogP contribution < -0.4 is 10.2 Å². The number of H-pyrrole nitrogens is 1. The minimum atomic E-state index is -2.86. The molecule has 0 aliphatic carbocycles. The first-order chi connectivity index (χ1) is 8.51. The highest BCUT2D eigenvalue weighted by molar-refractivity contribution is 5.72. The molecule has 18 heavy (non-hydrogen) atoms. The predicted octanol–water partition coefficient (Wildman–Crippen LogP) is 1.43. The summed E-state index contributed by atoms with van der Waals surface area (Å²) in [6.07, 6.45) is -2.07. The Morgan fingerprint density at radius 1 is 1.50 bits per heavy atom. The largest absolute Gasteiger partial charge is 0.491 e. The lowest BCUT2D eigenvalue weighted by Gasteiger charge is -2.09. The average Bonchev–Trinajstić information content (AvgIpc) is 2.31. The molecule has 0 aromatic carbocycles. The van der Waals surface area contributed by atoms with E-state index in [1.165, 1.54) is 0 Å². The van der Waals surface area contributed by atoms with E-state index in [0.29, 0.717) is 0 Å². The summed E-state index contributed by atoms with van der Waals surface area (Å²) in [4.78, 5) is 25.3. The van der Waals surface area contributed by atoms with Crippen molar-refractivity contribution in [2.45, 2.75) is 19.8 Å². The van der Waals surface area contributed by atoms with Crippen molar-refractivity contribution in [3.05, 3.63) is 27.7 Å². The van der Waals surface area contributed by atoms with Gasteiger partial charge in [0, 0.05) is 11.8 Å². The highest BCUT2D eigenvalue weighted by atomic mass is 19.3. The lowest BCUT2D eigenvalue weighted by Crippen LogP contribution is -2.19. The standard InChI is InChI=1S/C11H13F2NO4/c1-3-18-7(15)4-6-5-14-8(11(12)13)10(17-2)9(6)16/h5,11H,3-4H2,1-2H3,(H,14,16). The van der Waals surface area contributed by atoms with Crippen LogP contribution in [0.1, 0.15) is 24.6 Å². The number of alkyl halides is 2. The number of hydrogen-bond acceptors (Lipinski definition) is 4. The maximum absolute atomic E-state index is 12.6. The molecule has 0 fully saturated rings. The minimum absolute atomic E-state index is 0.0229. The number of nitrogens with one attached hydrogen (secondary N) is 1. The lowest BCUT2D eigenvalue weighted by atomic mass is 10.1. The molecular formula is C11H13F2NO4. The van der Waals surface area contributed by atoms with Gasteiger partial charge < -0.3 is 14.5 Å². The van der Waals surface area contributed by atoms with Gasteiger partial charge >= 0.3 is 5.97 Å². The van der Waals surface area contributed by atoms with E-state index in [2.05, 4.69) is 14.5 Å². The van der Waals surface area contributed by atoms with E-state index in [0.717, 1.165) is 13.3 Å². The van der Waals surface area contributed by atoms with Crippen LogP contribution >= 0.6 is 0 Å². The fourth-order valence-electron chi connectivity index (χ4n) is 1.43. The molecule has 1 N–H and O–H groups in total. The molecule has 7 heteroatoms. The van der Waals surface area contributed by atoms with Gasteiger partial charge in [0.25, 0.3) is 6.43 Å². The molecule has 1 aromatic rings. The van der Waals surface area contributed by atoms with Gasteiger partial charge in [0.05, 0.1) is 20.1 Å². The third kappa shape index (κ3) is 3.06. The second-order valence-electron chi connectivity index (χ2n) is 3.37. The molecular weight excluding hydrogens is 248 g/mol. The fourth-order valence-corrected chi connectivity index (χ4v) is 1.43. The first-order valence-electron chi connectivity index (χ1n) is 5.23. The Morgan fingerprint density at radius 3 is 2.67 bits per heavy atom. The maximum Gasteiger partial charge on any atom is 0.310 e. The fraction of sp³-hybridized carbons (Fsp3) is 0.455. The minimum Gasteiger partial charge on any atom is -0.491 e. The third-order valence-electron chi connectivity index (χ3n) is 2.21. The van der Waals surface area contributed by atoms with Crippen LogP contribution in [0, 0.1) is 0 Å². The zero-order valence-corrected chi connectivity index (χ0v) is 9.96. The number of hydrogen-bond donors (Lipinski definition) is 1. The van der Waals surface area contributed by atoms with Crippen molar-refractivity contribution in [1.29, 1.82) is 0 Å². The van der Waals surface area contributed by atoms with E-state index in [1.54, 1.807) is 6.92 Å². The third-order valence-corrected chi connectivity index (χ3v) is 2.21. The molecule has 1 heterocycles. The van der Waals surface area contributed by atoms with Gasteiger partial charge in [0.2, 0.25) is 5.43 Å². The summed E-state index contributed by atoms with van der Waals surface area (Å²) >= 11 is 0. The number of carbonyl (C=O) groups excluding carboxylic acids is 1. The molecule has 0 amide bonds. The van der Waals surface area contributed by atoms with Crippen molar-refractivity contribution in [3.8, 4) is 5.75 Å². The van der Waals surface area contributed by atoms with E-state index in [4.69, 9.17) is 0 Å². The number of pyridine rings is 1. The van der Waals surface area contributed by atoms with Crippen LogP contribution in [0.5, 0.6) is 5.75 Å². The van der Waals surface area contributed by atoms with Crippen molar-refractivity contribution < 1.29 is 23.0 Å². The Hall–Kier alpha value is -1.92. The Kier molecular flexibility index (Phi) is 4.82. The van der Waals surface area contributed by atoms with Gasteiger partial charge in [-0.05, 0) is 6.92 Å². The quantitative estimate of drug-likeness (QED) is 0.814. The SMILES string of the molecule is CCOC(=O)Cc1c[nH]c(C(F)F)c(OC)c1=O. The molecule has 0 atom stereocenters. The normalized spacial score (nSPS) is 10.5. The summed E-state index contributed by atoms with van der Waals surface area (Å²) in [5, 5.41) is 0. The van der Waals surface area contributed by atoms with Gasteiger partial charge in [-0.2, -0.15) is 0 Å². The zero-order valence-electron chi connectivity index (χ0n) is 9.96. The molecule has 0 aliphatic rings. The lowest BCUT2D eigenvalue weighted by molar-refractivity contribution is -0.142. The van der Waals surface area contributed by atoms with E-state index >= 15 is 0 Å². The van der Waals surface area contributed by atoms with E-state index in [1.807, 2.05) is 0 Å². The molecule has 5 nitrogen and oxygen atoms in total. The second-order valence-corrected chi connectivity index (χ2v) is 3.37. The number of methoxy groups -OCH3 is 1. The summed E-state index contributed by atoms with van der Waals surface area (Å²) in [5.74, 6) is -1.08. The summed E-state index contributed by atoms with van der Waals surface area (Å²) in [6, 6.07) is 0. The number of rotatable bonds is 5. The smallest absolute Gasteiger partial charge is 0.310 e. The van der Waals surface area contributed by atoms with Gasteiger partial charge in [0.1, 0.15) is 5.69 Å². The highest BCUT2D eigenvalue weighted by Crippen LogP contribution is 2.23. The molecule has 0 bridgehead atoms. The van der Waals surface area contributed by atoms with Crippen LogP contribution in [0.4, 0.5) is 8.78 Å². The Labute approximate surface area is 102 Å². The number of aromatic nitrogens is 1. The molecule has 1 aromatic heterocycles. The first kappa shape index (κ1) is 14.1. The van der Waals surface area contributed by atoms with Gasteiger partial charge in [0.15, 0.2) is 5.75 Å². The van der Waals surface area contributed by atoms with Crippen molar-refractivity contribution >= 4 is 5.97 Å². The zero-order chi connectivity index (χ0) is 13.7. The molecule has 0 saturated heterocycles. The van der Waals surface area contributed by atoms with Crippen LogP contribution in [0.2, 0.25) is 0 Å². The van der Waals surface area contributed by atoms with Crippen LogP contribution in [0.3, 0.4) is 0 Å². The maximum atomic E-state index is 12.6. The molecule has 0 aliphatic heterocycles. The Bertz CT molecular complexity index is 484. The van der Waals surface area contributed by atoms with Crippen LogP contribution in [-0.4, -0.2) is 24.7 Å². The molecule has 100 valence electrons. The Morgan fingerprint density at radius 2 is 2.17 bits per heavy atom. The van der Waals surface area contributed by atoms with Gasteiger partial charge in [-0.25, -0.2) is 8.78 Å². The first-order valence-corrected chi connectivity index (χ1v) is 5.23. The molecule has 0 spiro atoms. The predicted molar refractivity (Wildman–Crippen MR) is 58.9 cm³/mol. The molecule has 0 saturated carbocycles. The number of ether oxygens (including phenoxy) is 2. The van der Waals surface area contributed by atoms with Crippen molar-refractivity contribution in [2.75, 3.05) is 13.7 Å². The van der Waals surface area contributed by atoms with Crippen LogP contribution in [0.25, 0.3) is 0 Å². The topological polar surface area (TPSA) is 68.4 Å². The Balaban J connectivity index is 3.10. The summed E-state index contributed by atoms with van der Waals surface area (Å²) in [7, 11) is 1.12. The molecule has 0 unspecified atom stereocenters. The average molecular weight is 261 g/mol. The van der Waals surface area contributed by atoms with Crippen molar-refractivity contribution in [2.24, 2.45) is 0 Å². The summed E-state index contributed by atoms with van der Waals surface area (Å²) in [6.45, 7) is 1.81. The molecule has 0 radical (unpaired) electrons. The van der Waals surface area contributed by atoms with Crippen molar-refractivity contribution in [3.63, 3.8) is 0 Å². The highest BCUT2D eigenvalue weighted by Gasteiger charge is 2.20.